The first-order valence-electron chi connectivity index (χ1n) is 5.29. The van der Waals surface area contributed by atoms with Crippen LogP contribution >= 0.6 is 0 Å². The zero-order chi connectivity index (χ0) is 10.1. The molecule has 13 heavy (non-hydrogen) atoms. The zero-order valence-corrected chi connectivity index (χ0v) is 9.21. The lowest BCUT2D eigenvalue weighted by molar-refractivity contribution is 0.122. The molecule has 1 aliphatic rings. The van der Waals surface area contributed by atoms with E-state index in [0.717, 1.165) is 18.8 Å². The lowest BCUT2D eigenvalue weighted by Gasteiger charge is -2.09. The number of aliphatic hydroxyl groups is 1. The second kappa shape index (κ2) is 3.97. The molecule has 0 amide bonds. The summed E-state index contributed by atoms with van der Waals surface area (Å²) in [6, 6.07) is 0. The summed E-state index contributed by atoms with van der Waals surface area (Å²) in [5, 5.41) is 9.71. The molecule has 0 radical (unpaired) electrons. The van der Waals surface area contributed by atoms with Gasteiger partial charge in [-0.2, -0.15) is 0 Å². The van der Waals surface area contributed by atoms with Crippen molar-refractivity contribution >= 4 is 0 Å². The Kier molecular flexibility index (Phi) is 3.36. The van der Waals surface area contributed by atoms with Gasteiger partial charge in [0.1, 0.15) is 6.10 Å². The molecule has 1 aliphatic heterocycles. The van der Waals surface area contributed by atoms with E-state index in [1.54, 1.807) is 0 Å². The average molecular weight is 186 g/mol. The van der Waals surface area contributed by atoms with Crippen molar-refractivity contribution in [3.05, 3.63) is 0 Å². The van der Waals surface area contributed by atoms with Crippen molar-refractivity contribution in [2.75, 3.05) is 0 Å². The summed E-state index contributed by atoms with van der Waals surface area (Å²) in [7, 11) is 0. The normalized spacial score (nSPS) is 27.7. The Balaban J connectivity index is 2.09. The smallest absolute Gasteiger partial charge is 0.113 e. The van der Waals surface area contributed by atoms with E-state index in [4.69, 9.17) is 4.74 Å². The highest BCUT2D eigenvalue weighted by atomic mass is 16.6. The SMILES string of the molecule is CC(C)CCCC(O)C1OC1(C)C. The third kappa shape index (κ3) is 3.28. The molecule has 0 aromatic carbocycles. The molecule has 1 fully saturated rings. The standard InChI is InChI=1S/C11H22O2/c1-8(2)6-5-7-9(12)10-11(3,4)13-10/h8-10,12H,5-7H2,1-4H3. The van der Waals surface area contributed by atoms with Gasteiger partial charge in [0.2, 0.25) is 0 Å². The van der Waals surface area contributed by atoms with E-state index in [1.807, 2.05) is 13.8 Å². The summed E-state index contributed by atoms with van der Waals surface area (Å²) >= 11 is 0. The molecule has 0 saturated carbocycles. The van der Waals surface area contributed by atoms with Crippen LogP contribution < -0.4 is 0 Å². The Hall–Kier alpha value is -0.0800. The second-order valence-corrected chi connectivity index (χ2v) is 5.03. The average Bonchev–Trinajstić information content (AvgIpc) is 2.59. The summed E-state index contributed by atoms with van der Waals surface area (Å²) in [6.45, 7) is 8.49. The molecular weight excluding hydrogens is 164 g/mol. The number of aliphatic hydroxyl groups excluding tert-OH is 1. The fourth-order valence-corrected chi connectivity index (χ4v) is 1.72. The molecule has 0 spiro atoms. The fraction of sp³-hybridized carbons (Fsp3) is 1.00. The molecule has 0 aliphatic carbocycles. The molecular formula is C11H22O2. The van der Waals surface area contributed by atoms with Crippen LogP contribution in [0.4, 0.5) is 0 Å². The second-order valence-electron chi connectivity index (χ2n) is 5.03. The largest absolute Gasteiger partial charge is 0.390 e. The van der Waals surface area contributed by atoms with Gasteiger partial charge in [-0.15, -0.1) is 0 Å². The first-order valence-corrected chi connectivity index (χ1v) is 5.29. The highest BCUT2D eigenvalue weighted by molar-refractivity contribution is 4.99. The summed E-state index contributed by atoms with van der Waals surface area (Å²) in [5.74, 6) is 0.736. The van der Waals surface area contributed by atoms with E-state index in [9.17, 15) is 5.11 Å². The molecule has 2 heteroatoms. The highest BCUT2D eigenvalue weighted by Gasteiger charge is 2.51. The van der Waals surface area contributed by atoms with Crippen LogP contribution in [0.1, 0.15) is 47.0 Å². The van der Waals surface area contributed by atoms with Gasteiger partial charge in [0.25, 0.3) is 0 Å². The van der Waals surface area contributed by atoms with Gasteiger partial charge in [0, 0.05) is 0 Å². The molecule has 1 rings (SSSR count). The minimum Gasteiger partial charge on any atom is -0.390 e. The van der Waals surface area contributed by atoms with E-state index in [0.29, 0.717) is 0 Å². The Morgan fingerprint density at radius 3 is 2.23 bits per heavy atom. The maximum atomic E-state index is 9.71. The molecule has 1 N–H and O–H groups in total. The van der Waals surface area contributed by atoms with Crippen LogP contribution in [0.25, 0.3) is 0 Å². The van der Waals surface area contributed by atoms with E-state index >= 15 is 0 Å². The van der Waals surface area contributed by atoms with Gasteiger partial charge in [-0.3, -0.25) is 0 Å². The molecule has 0 aromatic rings. The lowest BCUT2D eigenvalue weighted by Crippen LogP contribution is -2.20. The van der Waals surface area contributed by atoms with Crippen molar-refractivity contribution < 1.29 is 9.84 Å². The maximum Gasteiger partial charge on any atom is 0.113 e. The molecule has 0 bridgehead atoms. The van der Waals surface area contributed by atoms with Gasteiger partial charge in [-0.1, -0.05) is 26.7 Å². The third-order valence-corrected chi connectivity index (χ3v) is 2.69. The fourth-order valence-electron chi connectivity index (χ4n) is 1.72. The summed E-state index contributed by atoms with van der Waals surface area (Å²) < 4.78 is 5.37. The quantitative estimate of drug-likeness (QED) is 0.668. The number of hydrogen-bond donors (Lipinski definition) is 1. The van der Waals surface area contributed by atoms with Crippen LogP contribution in [0.3, 0.4) is 0 Å². The van der Waals surface area contributed by atoms with Gasteiger partial charge in [0.05, 0.1) is 11.7 Å². The van der Waals surface area contributed by atoms with Crippen molar-refractivity contribution in [2.24, 2.45) is 5.92 Å². The molecule has 2 atom stereocenters. The molecule has 78 valence electrons. The van der Waals surface area contributed by atoms with Gasteiger partial charge in [0.15, 0.2) is 0 Å². The first-order chi connectivity index (χ1) is 5.93. The van der Waals surface area contributed by atoms with Crippen LogP contribution in [-0.2, 0) is 4.74 Å². The van der Waals surface area contributed by atoms with E-state index in [2.05, 4.69) is 13.8 Å². The minimum atomic E-state index is -0.256. The zero-order valence-electron chi connectivity index (χ0n) is 9.21. The minimum absolute atomic E-state index is 0.0722. The molecule has 0 aromatic heterocycles. The third-order valence-electron chi connectivity index (χ3n) is 2.69. The monoisotopic (exact) mass is 186 g/mol. The van der Waals surface area contributed by atoms with Gasteiger partial charge in [-0.25, -0.2) is 0 Å². The van der Waals surface area contributed by atoms with Crippen LogP contribution in [0, 0.1) is 5.92 Å². The number of ether oxygens (including phenoxy) is 1. The van der Waals surface area contributed by atoms with E-state index in [-0.39, 0.29) is 17.8 Å². The van der Waals surface area contributed by atoms with E-state index < -0.39 is 0 Å². The van der Waals surface area contributed by atoms with Crippen LogP contribution in [0.2, 0.25) is 0 Å². The lowest BCUT2D eigenvalue weighted by atomic mass is 9.99. The Morgan fingerprint density at radius 1 is 1.31 bits per heavy atom. The van der Waals surface area contributed by atoms with Crippen LogP contribution in [0.5, 0.6) is 0 Å². The predicted octanol–water partition coefficient (Wildman–Crippen LogP) is 2.35. The number of hydrogen-bond acceptors (Lipinski definition) is 2. The van der Waals surface area contributed by atoms with Crippen LogP contribution in [0.15, 0.2) is 0 Å². The maximum absolute atomic E-state index is 9.71. The van der Waals surface area contributed by atoms with Gasteiger partial charge < -0.3 is 9.84 Å². The Labute approximate surface area is 81.3 Å². The molecule has 2 unspecified atom stereocenters. The molecule has 1 heterocycles. The summed E-state index contributed by atoms with van der Waals surface area (Å²) in [5.41, 5.74) is -0.0722. The topological polar surface area (TPSA) is 32.8 Å². The van der Waals surface area contributed by atoms with Crippen molar-refractivity contribution in [3.63, 3.8) is 0 Å². The van der Waals surface area contributed by atoms with E-state index in [1.165, 1.54) is 6.42 Å². The van der Waals surface area contributed by atoms with Crippen molar-refractivity contribution in [3.8, 4) is 0 Å². The van der Waals surface area contributed by atoms with Gasteiger partial charge >= 0.3 is 0 Å². The van der Waals surface area contributed by atoms with Crippen LogP contribution in [-0.4, -0.2) is 22.9 Å². The number of epoxide rings is 1. The Morgan fingerprint density at radius 2 is 1.85 bits per heavy atom. The van der Waals surface area contributed by atoms with Gasteiger partial charge in [-0.05, 0) is 26.2 Å². The van der Waals surface area contributed by atoms with Crippen molar-refractivity contribution in [2.45, 2.75) is 64.8 Å². The molecule has 2 nitrogen and oxygen atoms in total. The summed E-state index contributed by atoms with van der Waals surface area (Å²) in [4.78, 5) is 0. The van der Waals surface area contributed by atoms with Crippen molar-refractivity contribution in [1.29, 1.82) is 0 Å². The predicted molar refractivity (Wildman–Crippen MR) is 53.6 cm³/mol. The van der Waals surface area contributed by atoms with Crippen molar-refractivity contribution in [1.82, 2.24) is 0 Å². The summed E-state index contributed by atoms with van der Waals surface area (Å²) in [6.07, 6.45) is 3.01. The first kappa shape index (κ1) is 11.0. The molecule has 1 saturated heterocycles. The Bertz CT molecular complexity index is 163. The highest BCUT2D eigenvalue weighted by Crippen LogP contribution is 2.38. The number of rotatable bonds is 5.